The van der Waals surface area contributed by atoms with Gasteiger partial charge in [-0.1, -0.05) is 0 Å². The van der Waals surface area contributed by atoms with Gasteiger partial charge in [0.1, 0.15) is 23.8 Å². The van der Waals surface area contributed by atoms with Crippen molar-refractivity contribution in [2.45, 2.75) is 6.92 Å². The molecule has 0 unspecified atom stereocenters. The van der Waals surface area contributed by atoms with Gasteiger partial charge in [-0.2, -0.15) is 0 Å². The zero-order valence-corrected chi connectivity index (χ0v) is 18.0. The molecule has 1 fully saturated rings. The van der Waals surface area contributed by atoms with Gasteiger partial charge in [-0.15, -0.1) is 0 Å². The Balaban J connectivity index is 1.47. The zero-order chi connectivity index (χ0) is 23.5. The second-order valence-electron chi connectivity index (χ2n) is 7.42. The first-order chi connectivity index (χ1) is 15.8. The summed E-state index contributed by atoms with van der Waals surface area (Å²) in [6, 6.07) is 13.9. The fraction of sp³-hybridized carbons (Fsp3) is 0.125. The molecule has 4 rings (SSSR count). The van der Waals surface area contributed by atoms with E-state index in [1.54, 1.807) is 13.2 Å². The lowest BCUT2D eigenvalue weighted by Crippen LogP contribution is -2.38. The van der Waals surface area contributed by atoms with Crippen molar-refractivity contribution in [3.05, 3.63) is 83.6 Å². The SMILES string of the molecule is COc1ccc(-n2cc(/C=C3/NC(=O)N(CC(=O)Nc4ccc(F)cc4)C3=O)cc2C)cc1. The monoisotopic (exact) mass is 448 g/mol. The highest BCUT2D eigenvalue weighted by Crippen LogP contribution is 2.21. The van der Waals surface area contributed by atoms with Gasteiger partial charge in [-0.25, -0.2) is 14.1 Å². The van der Waals surface area contributed by atoms with Gasteiger partial charge in [0.2, 0.25) is 5.91 Å². The molecule has 33 heavy (non-hydrogen) atoms. The average molecular weight is 448 g/mol. The van der Waals surface area contributed by atoms with E-state index in [2.05, 4.69) is 10.6 Å². The lowest BCUT2D eigenvalue weighted by atomic mass is 10.2. The first kappa shape index (κ1) is 21.8. The number of urea groups is 1. The number of rotatable bonds is 6. The Labute approximate surface area is 189 Å². The maximum Gasteiger partial charge on any atom is 0.329 e. The van der Waals surface area contributed by atoms with Crippen molar-refractivity contribution < 1.29 is 23.5 Å². The first-order valence-electron chi connectivity index (χ1n) is 10.1. The third kappa shape index (κ3) is 4.77. The average Bonchev–Trinajstić information content (AvgIpc) is 3.29. The predicted molar refractivity (Wildman–Crippen MR) is 120 cm³/mol. The molecule has 2 N–H and O–H groups in total. The molecular weight excluding hydrogens is 427 g/mol. The molecule has 0 atom stereocenters. The quantitative estimate of drug-likeness (QED) is 0.446. The van der Waals surface area contributed by atoms with Crippen molar-refractivity contribution in [3.8, 4) is 11.4 Å². The van der Waals surface area contributed by atoms with E-state index in [-0.39, 0.29) is 5.70 Å². The summed E-state index contributed by atoms with van der Waals surface area (Å²) in [7, 11) is 1.60. The number of amides is 4. The molecule has 0 aliphatic carbocycles. The molecule has 1 saturated heterocycles. The number of hydrogen-bond donors (Lipinski definition) is 2. The van der Waals surface area contributed by atoms with Gasteiger partial charge in [0.05, 0.1) is 7.11 Å². The number of halogens is 1. The van der Waals surface area contributed by atoms with Crippen molar-refractivity contribution in [3.63, 3.8) is 0 Å². The van der Waals surface area contributed by atoms with Crippen molar-refractivity contribution in [2.75, 3.05) is 19.0 Å². The molecule has 1 aliphatic heterocycles. The maximum absolute atomic E-state index is 13.0. The van der Waals surface area contributed by atoms with Crippen molar-refractivity contribution in [1.29, 1.82) is 0 Å². The lowest BCUT2D eigenvalue weighted by Gasteiger charge is -2.11. The number of carbonyl (C=O) groups excluding carboxylic acids is 3. The normalized spacial score (nSPS) is 14.5. The number of hydrogen-bond acceptors (Lipinski definition) is 4. The third-order valence-electron chi connectivity index (χ3n) is 5.09. The molecule has 0 bridgehead atoms. The molecule has 9 heteroatoms. The standard InChI is InChI=1S/C24H21FN4O4/c1-15-11-16(13-28(15)19-7-9-20(33-2)10-8-19)12-21-23(31)29(24(32)27-21)14-22(30)26-18-5-3-17(25)4-6-18/h3-13H,14H2,1-2H3,(H,26,30)(H,27,32)/b21-12+. The van der Waals surface area contributed by atoms with Crippen LogP contribution in [0, 0.1) is 12.7 Å². The molecule has 0 saturated carbocycles. The molecule has 1 aliphatic rings. The van der Waals surface area contributed by atoms with Gasteiger partial charge in [0.25, 0.3) is 5.91 Å². The summed E-state index contributed by atoms with van der Waals surface area (Å²) in [5.41, 5.74) is 2.99. The first-order valence-corrected chi connectivity index (χ1v) is 10.1. The molecule has 3 aromatic rings. The number of nitrogens with one attached hydrogen (secondary N) is 2. The van der Waals surface area contributed by atoms with E-state index in [4.69, 9.17) is 4.74 Å². The minimum Gasteiger partial charge on any atom is -0.497 e. The Morgan fingerprint density at radius 2 is 1.82 bits per heavy atom. The summed E-state index contributed by atoms with van der Waals surface area (Å²) in [4.78, 5) is 38.1. The molecule has 2 aromatic carbocycles. The fourth-order valence-electron chi connectivity index (χ4n) is 3.46. The largest absolute Gasteiger partial charge is 0.497 e. The Kier molecular flexibility index (Phi) is 5.95. The smallest absolute Gasteiger partial charge is 0.329 e. The molecule has 2 heterocycles. The summed E-state index contributed by atoms with van der Waals surface area (Å²) in [5.74, 6) is -0.876. The number of anilines is 1. The number of aromatic nitrogens is 1. The molecule has 0 spiro atoms. The molecule has 8 nitrogen and oxygen atoms in total. The topological polar surface area (TPSA) is 92.7 Å². The second-order valence-corrected chi connectivity index (χ2v) is 7.42. The van der Waals surface area contributed by atoms with Crippen molar-refractivity contribution >= 4 is 29.6 Å². The number of aryl methyl sites for hydroxylation is 1. The van der Waals surface area contributed by atoms with Crippen LogP contribution in [-0.4, -0.2) is 41.0 Å². The van der Waals surface area contributed by atoms with Crippen molar-refractivity contribution in [1.82, 2.24) is 14.8 Å². The second kappa shape index (κ2) is 8.99. The molecule has 4 amide bonds. The number of ether oxygens (including phenoxy) is 1. The van der Waals surface area contributed by atoms with Crippen LogP contribution in [0.1, 0.15) is 11.3 Å². The highest BCUT2D eigenvalue weighted by molar-refractivity contribution is 6.15. The van der Waals surface area contributed by atoms with Gasteiger partial charge >= 0.3 is 6.03 Å². The summed E-state index contributed by atoms with van der Waals surface area (Å²) >= 11 is 0. The Morgan fingerprint density at radius 3 is 2.48 bits per heavy atom. The van der Waals surface area contributed by atoms with E-state index in [9.17, 15) is 18.8 Å². The summed E-state index contributed by atoms with van der Waals surface area (Å²) in [6.07, 6.45) is 3.40. The van der Waals surface area contributed by atoms with E-state index in [0.29, 0.717) is 11.3 Å². The number of methoxy groups -OCH3 is 1. The van der Waals surface area contributed by atoms with E-state index < -0.39 is 30.2 Å². The van der Waals surface area contributed by atoms with Gasteiger partial charge in [-0.3, -0.25) is 9.59 Å². The minimum atomic E-state index is -0.688. The summed E-state index contributed by atoms with van der Waals surface area (Å²) in [5, 5.41) is 5.03. The number of carbonyl (C=O) groups is 3. The lowest BCUT2D eigenvalue weighted by molar-refractivity contribution is -0.127. The van der Waals surface area contributed by atoms with Crippen LogP contribution in [-0.2, 0) is 9.59 Å². The summed E-state index contributed by atoms with van der Waals surface area (Å²) < 4.78 is 20.1. The summed E-state index contributed by atoms with van der Waals surface area (Å²) in [6.45, 7) is 1.46. The maximum atomic E-state index is 13.0. The van der Waals surface area contributed by atoms with Crippen LogP contribution in [0.5, 0.6) is 5.75 Å². The van der Waals surface area contributed by atoms with Gasteiger partial charge < -0.3 is 19.9 Å². The van der Waals surface area contributed by atoms with Crippen LogP contribution in [0.15, 0.2) is 66.5 Å². The van der Waals surface area contributed by atoms with Gasteiger partial charge in [-0.05, 0) is 73.2 Å². The van der Waals surface area contributed by atoms with E-state index in [0.717, 1.165) is 22.0 Å². The molecule has 168 valence electrons. The minimum absolute atomic E-state index is 0.0708. The highest BCUT2D eigenvalue weighted by atomic mass is 19.1. The fourth-order valence-corrected chi connectivity index (χ4v) is 3.46. The number of nitrogens with zero attached hydrogens (tertiary/aromatic N) is 2. The van der Waals surface area contributed by atoms with Crippen LogP contribution in [0.25, 0.3) is 11.8 Å². The number of benzene rings is 2. The van der Waals surface area contributed by atoms with Crippen LogP contribution in [0.4, 0.5) is 14.9 Å². The van der Waals surface area contributed by atoms with E-state index >= 15 is 0 Å². The third-order valence-corrected chi connectivity index (χ3v) is 5.09. The molecule has 1 aromatic heterocycles. The van der Waals surface area contributed by atoms with E-state index in [1.807, 2.05) is 48.0 Å². The van der Waals surface area contributed by atoms with Crippen LogP contribution in [0.2, 0.25) is 0 Å². The Bertz CT molecular complexity index is 1250. The van der Waals surface area contributed by atoms with Gasteiger partial charge in [0, 0.05) is 23.3 Å². The highest BCUT2D eigenvalue weighted by Gasteiger charge is 2.35. The Morgan fingerprint density at radius 1 is 1.12 bits per heavy atom. The predicted octanol–water partition coefficient (Wildman–Crippen LogP) is 3.46. The van der Waals surface area contributed by atoms with Gasteiger partial charge in [0.15, 0.2) is 0 Å². The molecular formula is C24H21FN4O4. The van der Waals surface area contributed by atoms with Crippen molar-refractivity contribution in [2.24, 2.45) is 0 Å². The van der Waals surface area contributed by atoms with Crippen LogP contribution < -0.4 is 15.4 Å². The van der Waals surface area contributed by atoms with Crippen LogP contribution in [0.3, 0.4) is 0 Å². The zero-order valence-electron chi connectivity index (χ0n) is 18.0. The van der Waals surface area contributed by atoms with E-state index in [1.165, 1.54) is 24.3 Å². The Hall–Kier alpha value is -4.40. The number of imide groups is 1. The van der Waals surface area contributed by atoms with Crippen LogP contribution >= 0.6 is 0 Å². The molecule has 0 radical (unpaired) electrons.